The number of likely N-dealkylation sites (tertiary alicyclic amines) is 1. The largest absolute Gasteiger partial charge is 0.367 e. The molecule has 0 aliphatic carbocycles. The number of aromatic nitrogens is 1. The number of nitrogens with zero attached hydrogens (tertiary/aromatic N) is 4. The van der Waals surface area contributed by atoms with Gasteiger partial charge in [-0.1, -0.05) is 0 Å². The lowest BCUT2D eigenvalue weighted by molar-refractivity contribution is 0.191. The first-order valence-corrected chi connectivity index (χ1v) is 9.16. The van der Waals surface area contributed by atoms with Crippen LogP contribution in [0.25, 0.3) is 0 Å². The van der Waals surface area contributed by atoms with Crippen LogP contribution < -0.4 is 10.2 Å². The molecular formula is C18H29N5O. The summed E-state index contributed by atoms with van der Waals surface area (Å²) in [5.41, 5.74) is 1.14. The zero-order valence-corrected chi connectivity index (χ0v) is 14.7. The molecule has 2 aliphatic heterocycles. The van der Waals surface area contributed by atoms with E-state index in [4.69, 9.17) is 0 Å². The van der Waals surface area contributed by atoms with Crippen molar-refractivity contribution < 1.29 is 4.79 Å². The van der Waals surface area contributed by atoms with E-state index in [0.717, 1.165) is 44.8 Å². The minimum Gasteiger partial charge on any atom is -0.367 e. The zero-order chi connectivity index (χ0) is 16.8. The molecule has 0 aromatic carbocycles. The van der Waals surface area contributed by atoms with Crippen LogP contribution in [-0.4, -0.2) is 72.7 Å². The van der Waals surface area contributed by atoms with Gasteiger partial charge in [0.1, 0.15) is 0 Å². The van der Waals surface area contributed by atoms with Crippen molar-refractivity contribution >= 4 is 11.7 Å². The molecule has 6 heteroatoms. The number of hydrogen-bond donors (Lipinski definition) is 1. The molecule has 2 fully saturated rings. The quantitative estimate of drug-likeness (QED) is 0.894. The Bertz CT molecular complexity index is 509. The van der Waals surface area contributed by atoms with Crippen LogP contribution in [0.5, 0.6) is 0 Å². The van der Waals surface area contributed by atoms with Gasteiger partial charge in [-0.05, 0) is 51.4 Å². The maximum Gasteiger partial charge on any atom is 0.317 e. The lowest BCUT2D eigenvalue weighted by atomic mass is 10.2. The van der Waals surface area contributed by atoms with Crippen LogP contribution in [0.2, 0.25) is 0 Å². The maximum atomic E-state index is 12.3. The van der Waals surface area contributed by atoms with Crippen molar-refractivity contribution in [2.45, 2.75) is 32.2 Å². The Kier molecular flexibility index (Phi) is 5.91. The van der Waals surface area contributed by atoms with Gasteiger partial charge in [0.25, 0.3) is 0 Å². The summed E-state index contributed by atoms with van der Waals surface area (Å²) in [6, 6.07) is 4.67. The molecule has 0 radical (unpaired) electrons. The summed E-state index contributed by atoms with van der Waals surface area (Å²) >= 11 is 0. The summed E-state index contributed by atoms with van der Waals surface area (Å²) in [5.74, 6) is 0. The number of carbonyl (C=O) groups excluding carboxylic acids is 1. The molecule has 1 aromatic heterocycles. The monoisotopic (exact) mass is 331 g/mol. The molecule has 1 atom stereocenters. The fourth-order valence-corrected chi connectivity index (χ4v) is 3.57. The van der Waals surface area contributed by atoms with Crippen LogP contribution in [0.15, 0.2) is 24.5 Å². The SMILES string of the molecule is CC(CCNC(=O)N1CCN(c2cccnc2)CC1)N1CCCC1. The Balaban J connectivity index is 1.36. The highest BCUT2D eigenvalue weighted by Crippen LogP contribution is 2.15. The lowest BCUT2D eigenvalue weighted by Crippen LogP contribution is -2.52. The lowest BCUT2D eigenvalue weighted by Gasteiger charge is -2.36. The van der Waals surface area contributed by atoms with Gasteiger partial charge in [-0.2, -0.15) is 0 Å². The average Bonchev–Trinajstić information content (AvgIpc) is 3.17. The molecule has 1 unspecified atom stereocenters. The number of anilines is 1. The normalized spacial score (nSPS) is 20.2. The van der Waals surface area contributed by atoms with Gasteiger partial charge in [0.05, 0.1) is 11.9 Å². The van der Waals surface area contributed by atoms with Crippen molar-refractivity contribution in [3.63, 3.8) is 0 Å². The van der Waals surface area contributed by atoms with Gasteiger partial charge in [0, 0.05) is 45.0 Å². The zero-order valence-electron chi connectivity index (χ0n) is 14.7. The van der Waals surface area contributed by atoms with Crippen LogP contribution in [0.3, 0.4) is 0 Å². The molecule has 0 spiro atoms. The predicted molar refractivity (Wildman–Crippen MR) is 96.3 cm³/mol. The van der Waals surface area contributed by atoms with Crippen LogP contribution in [-0.2, 0) is 0 Å². The second-order valence-electron chi connectivity index (χ2n) is 6.80. The van der Waals surface area contributed by atoms with E-state index < -0.39 is 0 Å². The molecule has 1 N–H and O–H groups in total. The Labute approximate surface area is 144 Å². The van der Waals surface area contributed by atoms with Crippen LogP contribution in [0, 0.1) is 0 Å². The van der Waals surface area contributed by atoms with Crippen molar-refractivity contribution in [2.24, 2.45) is 0 Å². The molecule has 1 aromatic rings. The van der Waals surface area contributed by atoms with E-state index >= 15 is 0 Å². The summed E-state index contributed by atoms with van der Waals surface area (Å²) in [7, 11) is 0. The van der Waals surface area contributed by atoms with E-state index in [1.54, 1.807) is 6.20 Å². The van der Waals surface area contributed by atoms with Crippen molar-refractivity contribution in [1.29, 1.82) is 0 Å². The topological polar surface area (TPSA) is 51.7 Å². The van der Waals surface area contributed by atoms with E-state index in [0.29, 0.717) is 6.04 Å². The summed E-state index contributed by atoms with van der Waals surface area (Å²) in [6.07, 6.45) is 7.34. The Morgan fingerprint density at radius 2 is 1.96 bits per heavy atom. The molecule has 2 aliphatic rings. The number of urea groups is 1. The predicted octanol–water partition coefficient (Wildman–Crippen LogP) is 1.79. The minimum atomic E-state index is 0.0782. The Morgan fingerprint density at radius 3 is 2.62 bits per heavy atom. The average molecular weight is 331 g/mol. The highest BCUT2D eigenvalue weighted by atomic mass is 16.2. The second-order valence-corrected chi connectivity index (χ2v) is 6.80. The number of pyridine rings is 1. The second kappa shape index (κ2) is 8.33. The third kappa shape index (κ3) is 4.38. The molecule has 24 heavy (non-hydrogen) atoms. The minimum absolute atomic E-state index is 0.0782. The molecular weight excluding hydrogens is 302 g/mol. The third-order valence-electron chi connectivity index (χ3n) is 5.18. The van der Waals surface area contributed by atoms with Crippen molar-refractivity contribution in [1.82, 2.24) is 20.1 Å². The first-order chi connectivity index (χ1) is 11.7. The highest BCUT2D eigenvalue weighted by molar-refractivity contribution is 5.74. The van der Waals surface area contributed by atoms with Crippen LogP contribution in [0.4, 0.5) is 10.5 Å². The molecule has 0 saturated carbocycles. The number of amides is 2. The number of piperazine rings is 1. The van der Waals surface area contributed by atoms with Gasteiger partial charge in [-0.25, -0.2) is 4.79 Å². The van der Waals surface area contributed by atoms with Crippen molar-refractivity contribution in [3.05, 3.63) is 24.5 Å². The standard InChI is InChI=1S/C18H29N5O/c1-16(21-9-2-3-10-21)6-8-20-18(24)23-13-11-22(12-14-23)17-5-4-7-19-15-17/h4-5,7,15-16H,2-3,6,8-14H2,1H3,(H,20,24). The molecule has 132 valence electrons. The fourth-order valence-electron chi connectivity index (χ4n) is 3.57. The molecule has 6 nitrogen and oxygen atoms in total. The fraction of sp³-hybridized carbons (Fsp3) is 0.667. The number of carbonyl (C=O) groups is 1. The molecule has 2 amide bonds. The summed E-state index contributed by atoms with van der Waals surface area (Å²) < 4.78 is 0. The smallest absolute Gasteiger partial charge is 0.317 e. The molecule has 2 saturated heterocycles. The maximum absolute atomic E-state index is 12.3. The molecule has 3 rings (SSSR count). The van der Waals surface area contributed by atoms with Crippen molar-refractivity contribution in [3.8, 4) is 0 Å². The first kappa shape index (κ1) is 17.0. The Morgan fingerprint density at radius 1 is 1.21 bits per heavy atom. The molecule has 3 heterocycles. The van der Waals surface area contributed by atoms with Gasteiger partial charge in [0.2, 0.25) is 0 Å². The number of nitrogens with one attached hydrogen (secondary N) is 1. The van der Waals surface area contributed by atoms with Gasteiger partial charge in [-0.3, -0.25) is 4.98 Å². The van der Waals surface area contributed by atoms with Crippen molar-refractivity contribution in [2.75, 3.05) is 50.7 Å². The summed E-state index contributed by atoms with van der Waals surface area (Å²) in [4.78, 5) is 23.2. The van der Waals surface area contributed by atoms with E-state index in [9.17, 15) is 4.79 Å². The van der Waals surface area contributed by atoms with E-state index in [-0.39, 0.29) is 6.03 Å². The summed E-state index contributed by atoms with van der Waals surface area (Å²) in [6.45, 7) is 8.72. The van der Waals surface area contributed by atoms with Gasteiger partial charge in [-0.15, -0.1) is 0 Å². The highest BCUT2D eigenvalue weighted by Gasteiger charge is 2.22. The Hall–Kier alpha value is -1.82. The van der Waals surface area contributed by atoms with Gasteiger partial charge >= 0.3 is 6.03 Å². The van der Waals surface area contributed by atoms with E-state index in [1.165, 1.54) is 25.9 Å². The first-order valence-electron chi connectivity index (χ1n) is 9.16. The third-order valence-corrected chi connectivity index (χ3v) is 5.18. The summed E-state index contributed by atoms with van der Waals surface area (Å²) in [5, 5.41) is 3.09. The van der Waals surface area contributed by atoms with E-state index in [2.05, 4.69) is 33.1 Å². The van der Waals surface area contributed by atoms with Crippen LogP contribution >= 0.6 is 0 Å². The number of hydrogen-bond acceptors (Lipinski definition) is 4. The van der Waals surface area contributed by atoms with Gasteiger partial charge in [0.15, 0.2) is 0 Å². The van der Waals surface area contributed by atoms with Crippen LogP contribution in [0.1, 0.15) is 26.2 Å². The molecule has 0 bridgehead atoms. The van der Waals surface area contributed by atoms with E-state index in [1.807, 2.05) is 17.2 Å². The number of rotatable bonds is 5. The van der Waals surface area contributed by atoms with Gasteiger partial charge < -0.3 is 20.0 Å².